The number of hydrogen-bond acceptors (Lipinski definition) is 4. The molecule has 1 fully saturated rings. The van der Waals surface area contributed by atoms with Crippen molar-refractivity contribution < 1.29 is 4.74 Å². The quantitative estimate of drug-likeness (QED) is 0.786. The summed E-state index contributed by atoms with van der Waals surface area (Å²) >= 11 is 0. The predicted molar refractivity (Wildman–Crippen MR) is 78.0 cm³/mol. The molecule has 0 aliphatic heterocycles. The van der Waals surface area contributed by atoms with E-state index in [1.165, 1.54) is 12.8 Å². The molecule has 0 bridgehead atoms. The van der Waals surface area contributed by atoms with Gasteiger partial charge >= 0.3 is 0 Å². The molecule has 2 N–H and O–H groups in total. The van der Waals surface area contributed by atoms with Gasteiger partial charge < -0.3 is 15.0 Å². The summed E-state index contributed by atoms with van der Waals surface area (Å²) in [6, 6.07) is 1.81. The van der Waals surface area contributed by atoms with Crippen LogP contribution in [-0.2, 0) is 11.3 Å². The molecule has 2 aromatic rings. The molecule has 5 nitrogen and oxygen atoms in total. The number of nitrogens with zero attached hydrogens (tertiary/aromatic N) is 3. The van der Waals surface area contributed by atoms with Gasteiger partial charge in [0.05, 0.1) is 18.2 Å². The number of hydrogen-bond donors (Lipinski definition) is 1. The van der Waals surface area contributed by atoms with Crippen molar-refractivity contribution in [3.63, 3.8) is 0 Å². The Morgan fingerprint density at radius 2 is 2.20 bits per heavy atom. The van der Waals surface area contributed by atoms with E-state index >= 15 is 0 Å². The third-order valence-electron chi connectivity index (χ3n) is 3.58. The topological polar surface area (TPSA) is 66.0 Å². The van der Waals surface area contributed by atoms with Crippen molar-refractivity contribution in [3.8, 4) is 11.3 Å². The number of imidazole rings is 1. The molecular formula is C15H20N4O. The monoisotopic (exact) mass is 272 g/mol. The highest BCUT2D eigenvalue weighted by atomic mass is 16.5. The maximum Gasteiger partial charge on any atom is 0.0950 e. The summed E-state index contributed by atoms with van der Waals surface area (Å²) in [4.78, 5) is 8.35. The minimum absolute atomic E-state index is 0.728. The van der Waals surface area contributed by atoms with Crippen LogP contribution in [0.3, 0.4) is 0 Å². The van der Waals surface area contributed by atoms with E-state index in [0.717, 1.165) is 49.0 Å². The van der Waals surface area contributed by atoms with E-state index in [-0.39, 0.29) is 0 Å². The number of aryl methyl sites for hydroxylation is 1. The zero-order chi connectivity index (χ0) is 13.8. The lowest BCUT2D eigenvalue weighted by atomic mass is 10.2. The van der Waals surface area contributed by atoms with Crippen molar-refractivity contribution in [1.29, 1.82) is 0 Å². The lowest BCUT2D eigenvalue weighted by molar-refractivity contribution is 0.119. The normalized spacial score (nSPS) is 14.6. The molecule has 1 aliphatic rings. The fraction of sp³-hybridized carbons (Fsp3) is 0.467. The second-order valence-electron chi connectivity index (χ2n) is 5.31. The van der Waals surface area contributed by atoms with Crippen LogP contribution < -0.4 is 5.73 Å². The number of ether oxygens (including phenoxy) is 1. The van der Waals surface area contributed by atoms with E-state index in [0.29, 0.717) is 0 Å². The molecule has 1 aliphatic carbocycles. The fourth-order valence-corrected chi connectivity index (χ4v) is 2.21. The molecule has 1 saturated carbocycles. The number of anilines is 1. The molecule has 106 valence electrons. The second-order valence-corrected chi connectivity index (χ2v) is 5.31. The molecule has 0 unspecified atom stereocenters. The summed E-state index contributed by atoms with van der Waals surface area (Å²) in [6.07, 6.45) is 10.8. The number of nitrogens with two attached hydrogens (primary N) is 1. The van der Waals surface area contributed by atoms with Gasteiger partial charge in [0.1, 0.15) is 0 Å². The number of aromatic nitrogens is 3. The van der Waals surface area contributed by atoms with Crippen molar-refractivity contribution in [2.24, 2.45) is 5.92 Å². The van der Waals surface area contributed by atoms with Crippen LogP contribution in [-0.4, -0.2) is 27.7 Å². The van der Waals surface area contributed by atoms with Gasteiger partial charge in [-0.25, -0.2) is 4.98 Å². The van der Waals surface area contributed by atoms with Crippen LogP contribution >= 0.6 is 0 Å². The summed E-state index contributed by atoms with van der Waals surface area (Å²) in [5, 5.41) is 0. The Kier molecular flexibility index (Phi) is 3.97. The van der Waals surface area contributed by atoms with Gasteiger partial charge in [-0.05, 0) is 31.2 Å². The maximum atomic E-state index is 5.99. The molecule has 5 heteroatoms. The lowest BCUT2D eigenvalue weighted by Crippen LogP contribution is -2.05. The standard InChI is InChI=1S/C15H20N4O/c16-14-4-5-17-8-13(14)15-9-18-11-19(15)6-1-7-20-10-12-2-3-12/h4-5,8-9,11-12H,1-3,6-7,10H2,(H2,16,17). The summed E-state index contributed by atoms with van der Waals surface area (Å²) < 4.78 is 7.76. The molecule has 3 rings (SSSR count). The highest BCUT2D eigenvalue weighted by Crippen LogP contribution is 2.28. The van der Waals surface area contributed by atoms with Crippen LogP contribution in [0.2, 0.25) is 0 Å². The number of pyridine rings is 1. The largest absolute Gasteiger partial charge is 0.398 e. The Morgan fingerprint density at radius 3 is 3.00 bits per heavy atom. The van der Waals surface area contributed by atoms with Gasteiger partial charge in [-0.1, -0.05) is 0 Å². The Hall–Kier alpha value is -1.88. The van der Waals surface area contributed by atoms with Gasteiger partial charge in [0.15, 0.2) is 0 Å². The van der Waals surface area contributed by atoms with Crippen molar-refractivity contribution in [3.05, 3.63) is 31.0 Å². The average Bonchev–Trinajstić information content (AvgIpc) is 3.17. The SMILES string of the molecule is Nc1ccncc1-c1cncn1CCCOCC1CC1. The second kappa shape index (κ2) is 6.05. The van der Waals surface area contributed by atoms with Gasteiger partial charge in [0, 0.05) is 43.4 Å². The van der Waals surface area contributed by atoms with E-state index in [2.05, 4.69) is 14.5 Å². The third-order valence-corrected chi connectivity index (χ3v) is 3.58. The molecule has 0 spiro atoms. The molecule has 20 heavy (non-hydrogen) atoms. The van der Waals surface area contributed by atoms with Gasteiger partial charge in [0.25, 0.3) is 0 Å². The minimum Gasteiger partial charge on any atom is -0.398 e. The average molecular weight is 272 g/mol. The van der Waals surface area contributed by atoms with Crippen LogP contribution in [0.1, 0.15) is 19.3 Å². The first-order valence-corrected chi connectivity index (χ1v) is 7.12. The van der Waals surface area contributed by atoms with Crippen molar-refractivity contribution >= 4 is 5.69 Å². The first kappa shape index (κ1) is 13.1. The Balaban J connectivity index is 1.57. The van der Waals surface area contributed by atoms with Gasteiger partial charge in [0.2, 0.25) is 0 Å². The van der Waals surface area contributed by atoms with Crippen LogP contribution in [0.25, 0.3) is 11.3 Å². The van der Waals surface area contributed by atoms with E-state index in [4.69, 9.17) is 10.5 Å². The van der Waals surface area contributed by atoms with Crippen molar-refractivity contribution in [1.82, 2.24) is 14.5 Å². The van der Waals surface area contributed by atoms with E-state index in [9.17, 15) is 0 Å². The van der Waals surface area contributed by atoms with Crippen molar-refractivity contribution in [2.75, 3.05) is 18.9 Å². The summed E-state index contributed by atoms with van der Waals surface area (Å²) in [5.74, 6) is 0.828. The smallest absolute Gasteiger partial charge is 0.0950 e. The van der Waals surface area contributed by atoms with Crippen molar-refractivity contribution in [2.45, 2.75) is 25.8 Å². The minimum atomic E-state index is 0.728. The highest BCUT2D eigenvalue weighted by Gasteiger charge is 2.20. The van der Waals surface area contributed by atoms with Crippen LogP contribution in [0.4, 0.5) is 5.69 Å². The van der Waals surface area contributed by atoms with E-state index in [1.807, 2.05) is 18.6 Å². The first-order valence-electron chi connectivity index (χ1n) is 7.12. The molecule has 2 aromatic heterocycles. The molecule has 0 aromatic carbocycles. The molecule has 0 amide bonds. The first-order chi connectivity index (χ1) is 9.84. The van der Waals surface area contributed by atoms with Crippen LogP contribution in [0.5, 0.6) is 0 Å². The van der Waals surface area contributed by atoms with Crippen LogP contribution in [0.15, 0.2) is 31.0 Å². The number of nitrogen functional groups attached to an aromatic ring is 1. The third kappa shape index (κ3) is 3.17. The van der Waals surface area contributed by atoms with E-state index < -0.39 is 0 Å². The lowest BCUT2D eigenvalue weighted by Gasteiger charge is -2.10. The Morgan fingerprint density at radius 1 is 1.30 bits per heavy atom. The Labute approximate surface area is 118 Å². The van der Waals surface area contributed by atoms with E-state index in [1.54, 1.807) is 12.4 Å². The molecule has 0 atom stereocenters. The molecule has 2 heterocycles. The predicted octanol–water partition coefficient (Wildman–Crippen LogP) is 2.34. The van der Waals surface area contributed by atoms with Gasteiger partial charge in [-0.15, -0.1) is 0 Å². The van der Waals surface area contributed by atoms with Gasteiger partial charge in [-0.3, -0.25) is 4.98 Å². The summed E-state index contributed by atoms with van der Waals surface area (Å²) in [6.45, 7) is 2.61. The van der Waals surface area contributed by atoms with Crippen LogP contribution in [0, 0.1) is 5.92 Å². The fourth-order valence-electron chi connectivity index (χ4n) is 2.21. The van der Waals surface area contributed by atoms with Gasteiger partial charge in [-0.2, -0.15) is 0 Å². The zero-order valence-corrected chi connectivity index (χ0v) is 11.5. The number of rotatable bonds is 7. The summed E-state index contributed by atoms with van der Waals surface area (Å²) in [5.41, 5.74) is 8.67. The maximum absolute atomic E-state index is 5.99. The highest BCUT2D eigenvalue weighted by molar-refractivity contribution is 5.72. The molecule has 0 saturated heterocycles. The molecule has 0 radical (unpaired) electrons. The summed E-state index contributed by atoms with van der Waals surface area (Å²) in [7, 11) is 0. The molecular weight excluding hydrogens is 252 g/mol. The zero-order valence-electron chi connectivity index (χ0n) is 11.5. The Bertz CT molecular complexity index is 563.